The van der Waals surface area contributed by atoms with Gasteiger partial charge in [-0.3, -0.25) is 4.79 Å². The number of thiophene rings is 1. The Balaban J connectivity index is 1.56. The molecule has 4 heteroatoms. The van der Waals surface area contributed by atoms with Gasteiger partial charge < -0.3 is 9.64 Å². The number of fused-ring (bicyclic) bond motifs is 1. The maximum Gasteiger partial charge on any atom is 0.223 e. The summed E-state index contributed by atoms with van der Waals surface area (Å²) in [6.45, 7) is 0.827. The van der Waals surface area contributed by atoms with E-state index in [-0.39, 0.29) is 6.04 Å². The van der Waals surface area contributed by atoms with Crippen molar-refractivity contribution in [2.75, 3.05) is 13.7 Å². The van der Waals surface area contributed by atoms with E-state index in [1.165, 1.54) is 41.7 Å². The van der Waals surface area contributed by atoms with E-state index in [0.717, 1.165) is 31.1 Å². The van der Waals surface area contributed by atoms with Gasteiger partial charge in [0, 0.05) is 17.8 Å². The average molecular weight is 370 g/mol. The highest BCUT2D eigenvalue weighted by Crippen LogP contribution is 2.39. The van der Waals surface area contributed by atoms with Crippen molar-refractivity contribution in [2.24, 2.45) is 5.92 Å². The lowest BCUT2D eigenvalue weighted by atomic mass is 9.92. The van der Waals surface area contributed by atoms with Crippen molar-refractivity contribution in [3.63, 3.8) is 0 Å². The standard InChI is InChI=1S/C22H27NO2S/c1-25-18-9-7-17(8-10-18)22-19-13-15-26-20(19)12-14-23(22)21(24)11-6-16-4-2-3-5-16/h7-10,13,15-16,22H,2-6,11-12,14H2,1H3. The molecule has 1 saturated carbocycles. The van der Waals surface area contributed by atoms with Crippen LogP contribution >= 0.6 is 11.3 Å². The van der Waals surface area contributed by atoms with E-state index < -0.39 is 0 Å². The van der Waals surface area contributed by atoms with Crippen molar-refractivity contribution in [1.82, 2.24) is 4.90 Å². The Morgan fingerprint density at radius 1 is 1.19 bits per heavy atom. The highest BCUT2D eigenvalue weighted by Gasteiger charge is 2.32. The summed E-state index contributed by atoms with van der Waals surface area (Å²) >= 11 is 1.82. The molecule has 4 rings (SSSR count). The van der Waals surface area contributed by atoms with E-state index >= 15 is 0 Å². The summed E-state index contributed by atoms with van der Waals surface area (Å²) in [5.41, 5.74) is 2.49. The van der Waals surface area contributed by atoms with Crippen LogP contribution in [-0.4, -0.2) is 24.5 Å². The fourth-order valence-electron chi connectivity index (χ4n) is 4.50. The molecule has 0 N–H and O–H groups in total. The van der Waals surface area contributed by atoms with E-state index in [1.54, 1.807) is 7.11 Å². The number of rotatable bonds is 5. The minimum atomic E-state index is 0.0481. The molecule has 2 aliphatic rings. The van der Waals surface area contributed by atoms with Crippen molar-refractivity contribution >= 4 is 17.2 Å². The fraction of sp³-hybridized carbons (Fsp3) is 0.500. The average Bonchev–Trinajstić information content (AvgIpc) is 3.37. The van der Waals surface area contributed by atoms with Gasteiger partial charge >= 0.3 is 0 Å². The Labute approximate surface area is 160 Å². The fourth-order valence-corrected chi connectivity index (χ4v) is 5.40. The summed E-state index contributed by atoms with van der Waals surface area (Å²) in [7, 11) is 1.69. The Kier molecular flexibility index (Phi) is 5.30. The Morgan fingerprint density at radius 3 is 2.69 bits per heavy atom. The minimum absolute atomic E-state index is 0.0481. The van der Waals surface area contributed by atoms with Gasteiger partial charge in [0.1, 0.15) is 5.75 Å². The molecule has 0 spiro atoms. The second-order valence-corrected chi connectivity index (χ2v) is 8.50. The zero-order chi connectivity index (χ0) is 17.9. The first-order chi connectivity index (χ1) is 12.8. The van der Waals surface area contributed by atoms with Crippen molar-refractivity contribution in [3.05, 3.63) is 51.7 Å². The van der Waals surface area contributed by atoms with Crippen LogP contribution in [0, 0.1) is 5.92 Å². The van der Waals surface area contributed by atoms with Crippen LogP contribution < -0.4 is 4.74 Å². The van der Waals surface area contributed by atoms with Crippen LogP contribution in [0.1, 0.15) is 60.6 Å². The first kappa shape index (κ1) is 17.6. The minimum Gasteiger partial charge on any atom is -0.497 e. The number of carbonyl (C=O) groups is 1. The molecule has 1 aliphatic heterocycles. The molecule has 0 bridgehead atoms. The number of carbonyl (C=O) groups excluding carboxylic acids is 1. The zero-order valence-corrected chi connectivity index (χ0v) is 16.3. The van der Waals surface area contributed by atoms with Gasteiger partial charge in [-0.25, -0.2) is 0 Å². The van der Waals surface area contributed by atoms with Gasteiger partial charge in [-0.15, -0.1) is 11.3 Å². The molecule has 2 aromatic rings. The van der Waals surface area contributed by atoms with Crippen LogP contribution in [0.2, 0.25) is 0 Å². The molecule has 1 aliphatic carbocycles. The molecule has 1 atom stereocenters. The van der Waals surface area contributed by atoms with Crippen LogP contribution in [0.25, 0.3) is 0 Å². The molecule has 1 aromatic carbocycles. The first-order valence-corrected chi connectivity index (χ1v) is 10.6. The van der Waals surface area contributed by atoms with Gasteiger partial charge in [-0.05, 0) is 53.5 Å². The smallest absolute Gasteiger partial charge is 0.223 e. The topological polar surface area (TPSA) is 29.5 Å². The number of benzene rings is 1. The highest BCUT2D eigenvalue weighted by atomic mass is 32.1. The zero-order valence-electron chi connectivity index (χ0n) is 15.4. The van der Waals surface area contributed by atoms with E-state index in [0.29, 0.717) is 12.3 Å². The van der Waals surface area contributed by atoms with E-state index in [2.05, 4.69) is 28.5 Å². The van der Waals surface area contributed by atoms with Crippen molar-refractivity contribution in [1.29, 1.82) is 0 Å². The van der Waals surface area contributed by atoms with Crippen molar-refractivity contribution in [2.45, 2.75) is 51.0 Å². The lowest BCUT2D eigenvalue weighted by Crippen LogP contribution is -2.40. The van der Waals surface area contributed by atoms with Gasteiger partial charge in [0.05, 0.1) is 13.2 Å². The first-order valence-electron chi connectivity index (χ1n) is 9.76. The second-order valence-electron chi connectivity index (χ2n) is 7.50. The molecule has 2 heterocycles. The summed E-state index contributed by atoms with van der Waals surface area (Å²) in [6.07, 6.45) is 8.03. The Bertz CT molecular complexity index is 746. The maximum atomic E-state index is 13.1. The molecular weight excluding hydrogens is 342 g/mol. The van der Waals surface area contributed by atoms with E-state index in [4.69, 9.17) is 4.74 Å². The lowest BCUT2D eigenvalue weighted by molar-refractivity contribution is -0.133. The van der Waals surface area contributed by atoms with Gasteiger partial charge in [-0.1, -0.05) is 37.8 Å². The lowest BCUT2D eigenvalue weighted by Gasteiger charge is -2.36. The molecule has 26 heavy (non-hydrogen) atoms. The largest absolute Gasteiger partial charge is 0.497 e. The molecule has 1 aromatic heterocycles. The summed E-state index contributed by atoms with van der Waals surface area (Å²) in [5, 5.41) is 2.16. The predicted octanol–water partition coefficient (Wildman–Crippen LogP) is 5.20. The van der Waals surface area contributed by atoms with Crippen LogP contribution in [0.15, 0.2) is 35.7 Å². The number of amides is 1. The van der Waals surface area contributed by atoms with Crippen LogP contribution in [0.3, 0.4) is 0 Å². The number of nitrogens with zero attached hydrogens (tertiary/aromatic N) is 1. The monoisotopic (exact) mass is 369 g/mol. The van der Waals surface area contributed by atoms with Gasteiger partial charge in [-0.2, -0.15) is 0 Å². The number of hydrogen-bond donors (Lipinski definition) is 0. The molecule has 0 radical (unpaired) electrons. The van der Waals surface area contributed by atoms with Gasteiger partial charge in [0.25, 0.3) is 0 Å². The second kappa shape index (κ2) is 7.83. The van der Waals surface area contributed by atoms with Crippen LogP contribution in [-0.2, 0) is 11.2 Å². The molecule has 1 unspecified atom stereocenters. The van der Waals surface area contributed by atoms with Crippen LogP contribution in [0.5, 0.6) is 5.75 Å². The third-order valence-corrected chi connectivity index (χ3v) is 6.96. The summed E-state index contributed by atoms with van der Waals surface area (Å²) in [4.78, 5) is 16.6. The third-order valence-electron chi connectivity index (χ3n) is 5.96. The maximum absolute atomic E-state index is 13.1. The summed E-state index contributed by atoms with van der Waals surface area (Å²) in [5.74, 6) is 1.93. The van der Waals surface area contributed by atoms with E-state index in [9.17, 15) is 4.79 Å². The predicted molar refractivity (Wildman–Crippen MR) is 106 cm³/mol. The number of hydrogen-bond acceptors (Lipinski definition) is 3. The molecular formula is C22H27NO2S. The molecule has 3 nitrogen and oxygen atoms in total. The molecule has 138 valence electrons. The van der Waals surface area contributed by atoms with Gasteiger partial charge in [0.2, 0.25) is 5.91 Å². The number of methoxy groups -OCH3 is 1. The van der Waals surface area contributed by atoms with Gasteiger partial charge in [0.15, 0.2) is 0 Å². The molecule has 1 amide bonds. The Hall–Kier alpha value is -1.81. The third kappa shape index (κ3) is 3.52. The normalized spacial score (nSPS) is 20.2. The number of ether oxygens (including phenoxy) is 1. The Morgan fingerprint density at radius 2 is 1.96 bits per heavy atom. The summed E-state index contributed by atoms with van der Waals surface area (Å²) in [6, 6.07) is 10.5. The SMILES string of the molecule is COc1ccc(C2c3ccsc3CCN2C(=O)CCC2CCCC2)cc1. The van der Waals surface area contributed by atoms with E-state index in [1.807, 2.05) is 23.5 Å². The highest BCUT2D eigenvalue weighted by molar-refractivity contribution is 7.10. The van der Waals surface area contributed by atoms with Crippen LogP contribution in [0.4, 0.5) is 0 Å². The molecule has 0 saturated heterocycles. The van der Waals surface area contributed by atoms with Crippen molar-refractivity contribution < 1.29 is 9.53 Å². The summed E-state index contributed by atoms with van der Waals surface area (Å²) < 4.78 is 5.30. The molecule has 1 fully saturated rings. The van der Waals surface area contributed by atoms with Crippen molar-refractivity contribution in [3.8, 4) is 5.75 Å². The quantitative estimate of drug-likeness (QED) is 0.725.